The standard InChI is InChI=1S/C27H21N3O5S3/c1-16-23(25(32)30(28(16)2)18-8-5-4-6-9-18)29-24(31)22(38-27(29)36)15-17-11-12-19(20(14-17)34-3)35-26(33)21-10-7-13-37-21/h4-15H,1-3H3/b22-15-. The van der Waals surface area contributed by atoms with Gasteiger partial charge in [-0.25, -0.2) is 9.48 Å². The molecule has 2 aromatic heterocycles. The average molecular weight is 564 g/mol. The number of amides is 1. The molecule has 0 N–H and O–H groups in total. The Hall–Kier alpha value is -3.93. The molecule has 1 saturated heterocycles. The highest BCUT2D eigenvalue weighted by molar-refractivity contribution is 8.27. The number of thiophene rings is 1. The van der Waals surface area contributed by atoms with Gasteiger partial charge in [0.05, 0.1) is 23.4 Å². The van der Waals surface area contributed by atoms with Gasteiger partial charge in [0.1, 0.15) is 10.6 Å². The van der Waals surface area contributed by atoms with Gasteiger partial charge in [-0.15, -0.1) is 11.3 Å². The summed E-state index contributed by atoms with van der Waals surface area (Å²) < 4.78 is 14.4. The predicted octanol–water partition coefficient (Wildman–Crippen LogP) is 5.18. The highest BCUT2D eigenvalue weighted by atomic mass is 32.2. The Morgan fingerprint density at radius 1 is 1.03 bits per heavy atom. The van der Waals surface area contributed by atoms with Crippen LogP contribution in [0.25, 0.3) is 11.8 Å². The molecule has 192 valence electrons. The molecule has 0 spiro atoms. The van der Waals surface area contributed by atoms with Crippen molar-refractivity contribution < 1.29 is 19.1 Å². The van der Waals surface area contributed by atoms with Crippen molar-refractivity contribution in [3.63, 3.8) is 0 Å². The zero-order valence-corrected chi connectivity index (χ0v) is 23.0. The number of benzene rings is 2. The lowest BCUT2D eigenvalue weighted by molar-refractivity contribution is -0.113. The second-order valence-corrected chi connectivity index (χ2v) is 10.8. The molecule has 0 atom stereocenters. The second-order valence-electron chi connectivity index (χ2n) is 8.20. The molecule has 0 saturated carbocycles. The van der Waals surface area contributed by atoms with Crippen molar-refractivity contribution in [1.82, 2.24) is 9.36 Å². The van der Waals surface area contributed by atoms with Crippen LogP contribution in [0.5, 0.6) is 11.5 Å². The van der Waals surface area contributed by atoms with Gasteiger partial charge in [-0.1, -0.05) is 54.3 Å². The predicted molar refractivity (Wildman–Crippen MR) is 154 cm³/mol. The van der Waals surface area contributed by atoms with Crippen LogP contribution in [-0.2, 0) is 11.8 Å². The normalized spacial score (nSPS) is 14.4. The van der Waals surface area contributed by atoms with Crippen LogP contribution in [0.2, 0.25) is 0 Å². The summed E-state index contributed by atoms with van der Waals surface area (Å²) >= 11 is 7.92. The van der Waals surface area contributed by atoms with Crippen LogP contribution >= 0.6 is 35.3 Å². The summed E-state index contributed by atoms with van der Waals surface area (Å²) in [5.41, 5.74) is 1.81. The topological polar surface area (TPSA) is 82.8 Å². The Labute approximate surface area is 231 Å². The lowest BCUT2D eigenvalue weighted by atomic mass is 10.2. The molecular weight excluding hydrogens is 543 g/mol. The van der Waals surface area contributed by atoms with Crippen LogP contribution in [0.3, 0.4) is 0 Å². The molecule has 0 bridgehead atoms. The van der Waals surface area contributed by atoms with E-state index in [2.05, 4.69) is 0 Å². The Morgan fingerprint density at radius 2 is 1.79 bits per heavy atom. The van der Waals surface area contributed by atoms with Gasteiger partial charge in [-0.2, -0.15) is 0 Å². The maximum Gasteiger partial charge on any atom is 0.353 e. The Bertz CT molecular complexity index is 1650. The first-order valence-corrected chi connectivity index (χ1v) is 13.5. The largest absolute Gasteiger partial charge is 0.493 e. The zero-order chi connectivity index (χ0) is 27.0. The van der Waals surface area contributed by atoms with E-state index >= 15 is 0 Å². The van der Waals surface area contributed by atoms with Gasteiger partial charge in [0, 0.05) is 7.05 Å². The van der Waals surface area contributed by atoms with Gasteiger partial charge in [-0.05, 0) is 54.3 Å². The van der Waals surface area contributed by atoms with Crippen LogP contribution in [0.1, 0.15) is 20.9 Å². The summed E-state index contributed by atoms with van der Waals surface area (Å²) in [4.78, 5) is 41.4. The molecule has 1 aliphatic rings. The van der Waals surface area contributed by atoms with E-state index in [4.69, 9.17) is 21.7 Å². The highest BCUT2D eigenvalue weighted by Crippen LogP contribution is 2.37. The van der Waals surface area contributed by atoms with E-state index in [1.54, 1.807) is 60.4 Å². The van der Waals surface area contributed by atoms with E-state index in [-0.39, 0.29) is 21.3 Å². The Kier molecular flexibility index (Phi) is 7.06. The summed E-state index contributed by atoms with van der Waals surface area (Å²) in [6.07, 6.45) is 1.67. The van der Waals surface area contributed by atoms with Gasteiger partial charge in [-0.3, -0.25) is 19.2 Å². The molecule has 2 aromatic carbocycles. The van der Waals surface area contributed by atoms with E-state index in [1.807, 2.05) is 30.3 Å². The minimum Gasteiger partial charge on any atom is -0.493 e. The first-order valence-electron chi connectivity index (χ1n) is 11.4. The van der Waals surface area contributed by atoms with E-state index in [0.29, 0.717) is 32.5 Å². The molecule has 0 aliphatic carbocycles. The van der Waals surface area contributed by atoms with Gasteiger partial charge < -0.3 is 9.47 Å². The summed E-state index contributed by atoms with van der Waals surface area (Å²) in [6, 6.07) is 17.6. The molecule has 1 amide bonds. The lowest BCUT2D eigenvalue weighted by Crippen LogP contribution is -2.33. The van der Waals surface area contributed by atoms with Gasteiger partial charge >= 0.3 is 5.97 Å². The van der Waals surface area contributed by atoms with Crippen molar-refractivity contribution in [2.24, 2.45) is 7.05 Å². The molecule has 38 heavy (non-hydrogen) atoms. The van der Waals surface area contributed by atoms with Crippen molar-refractivity contribution in [2.75, 3.05) is 12.0 Å². The summed E-state index contributed by atoms with van der Waals surface area (Å²) in [5.74, 6) is -0.273. The number of rotatable bonds is 6. The highest BCUT2D eigenvalue weighted by Gasteiger charge is 2.37. The van der Waals surface area contributed by atoms with Crippen molar-refractivity contribution in [3.8, 4) is 17.2 Å². The molecule has 4 aromatic rings. The maximum atomic E-state index is 13.5. The smallest absolute Gasteiger partial charge is 0.353 e. The third-order valence-corrected chi connectivity index (χ3v) is 8.10. The fourth-order valence-corrected chi connectivity index (χ4v) is 5.90. The molecule has 0 radical (unpaired) electrons. The molecular formula is C27H21N3O5S3. The van der Waals surface area contributed by atoms with Crippen LogP contribution in [0.15, 0.2) is 75.7 Å². The number of thiocarbonyl (C=S) groups is 1. The fraction of sp³-hybridized carbons (Fsp3) is 0.111. The Morgan fingerprint density at radius 3 is 2.47 bits per heavy atom. The quantitative estimate of drug-likeness (QED) is 0.138. The van der Waals surface area contributed by atoms with Crippen LogP contribution in [0.4, 0.5) is 5.69 Å². The van der Waals surface area contributed by atoms with Crippen LogP contribution < -0.4 is 19.9 Å². The molecule has 3 heterocycles. The third-order valence-electron chi connectivity index (χ3n) is 5.95. The molecule has 0 unspecified atom stereocenters. The molecule has 5 rings (SSSR count). The Balaban J connectivity index is 1.45. The number of carbonyl (C=O) groups is 2. The van der Waals surface area contributed by atoms with E-state index in [0.717, 1.165) is 11.8 Å². The van der Waals surface area contributed by atoms with Gasteiger partial charge in [0.25, 0.3) is 11.5 Å². The first kappa shape index (κ1) is 25.7. The van der Waals surface area contributed by atoms with Crippen molar-refractivity contribution in [3.05, 3.63) is 97.4 Å². The lowest BCUT2D eigenvalue weighted by Gasteiger charge is -2.12. The monoisotopic (exact) mass is 563 g/mol. The van der Waals surface area contributed by atoms with Gasteiger partial charge in [0.15, 0.2) is 15.8 Å². The summed E-state index contributed by atoms with van der Waals surface area (Å²) in [6.45, 7) is 1.78. The third kappa shape index (κ3) is 4.60. The number of nitrogens with zero attached hydrogens (tertiary/aromatic N) is 3. The number of anilines is 1. The zero-order valence-electron chi connectivity index (χ0n) is 20.5. The molecule has 8 nitrogen and oxygen atoms in total. The SMILES string of the molecule is COc1cc(/C=C2\SC(=S)N(c3c(C)n(C)n(-c4ccccc4)c3=O)C2=O)ccc1OC(=O)c1cccs1. The number of carbonyl (C=O) groups excluding carboxylic acids is 2. The van der Waals surface area contributed by atoms with Crippen LogP contribution in [-0.4, -0.2) is 32.7 Å². The van der Waals surface area contributed by atoms with E-state index in [1.165, 1.54) is 28.0 Å². The minimum atomic E-state index is -0.480. The van der Waals surface area contributed by atoms with Crippen molar-refractivity contribution in [1.29, 1.82) is 0 Å². The molecule has 1 fully saturated rings. The number of esters is 1. The first-order chi connectivity index (χ1) is 18.3. The minimum absolute atomic E-state index is 0.218. The number of methoxy groups -OCH3 is 1. The summed E-state index contributed by atoms with van der Waals surface area (Å²) in [5, 5.41) is 1.79. The number of para-hydroxylation sites is 1. The number of hydrogen-bond donors (Lipinski definition) is 0. The second kappa shape index (κ2) is 10.4. The fourth-order valence-electron chi connectivity index (χ4n) is 4.03. The maximum absolute atomic E-state index is 13.5. The van der Waals surface area contributed by atoms with E-state index < -0.39 is 11.9 Å². The van der Waals surface area contributed by atoms with Crippen molar-refractivity contribution >= 4 is 63.3 Å². The number of hydrogen-bond acceptors (Lipinski definition) is 8. The van der Waals surface area contributed by atoms with E-state index in [9.17, 15) is 14.4 Å². The van der Waals surface area contributed by atoms with Crippen LogP contribution in [0, 0.1) is 6.92 Å². The average Bonchev–Trinajstić information content (AvgIpc) is 3.60. The molecule has 1 aliphatic heterocycles. The number of thioether (sulfide) groups is 1. The number of aromatic nitrogens is 2. The number of ether oxygens (including phenoxy) is 2. The summed E-state index contributed by atoms with van der Waals surface area (Å²) in [7, 11) is 3.23. The van der Waals surface area contributed by atoms with Crippen molar-refractivity contribution in [2.45, 2.75) is 6.92 Å². The van der Waals surface area contributed by atoms with Gasteiger partial charge in [0.2, 0.25) is 0 Å². The molecule has 11 heteroatoms.